The maximum absolute atomic E-state index is 9.07. The van der Waals surface area contributed by atoms with E-state index in [1.807, 2.05) is 73.7 Å². The second-order valence-electron chi connectivity index (χ2n) is 8.28. The number of furan rings is 1. The Bertz CT molecular complexity index is 1620. The van der Waals surface area contributed by atoms with Crippen LogP contribution in [0.5, 0.6) is 0 Å². The Kier molecular flexibility index (Phi) is 4.50. The van der Waals surface area contributed by atoms with Gasteiger partial charge >= 0.3 is 0 Å². The molecule has 0 aliphatic heterocycles. The molecule has 0 N–H and O–H groups in total. The second-order valence-corrected chi connectivity index (χ2v) is 8.28. The van der Waals surface area contributed by atoms with E-state index in [1.165, 1.54) is 5.56 Å². The first-order valence-electron chi connectivity index (χ1n) is 11.6. The van der Waals surface area contributed by atoms with Gasteiger partial charge in [0.05, 0.1) is 5.69 Å². The van der Waals surface area contributed by atoms with Crippen molar-refractivity contribution in [2.45, 2.75) is 12.8 Å². The standard InChI is InChI=1S/C31H23NO/c1-21(22-9-4-2-5-10-22)24-17-18-32-29(20-24)27-14-8-13-26-28-19-25(23-11-6-3-7-12-23)15-16-30(28)33-31(26)27/h2-21H,1H3/i21D. The molecule has 0 aliphatic rings. The van der Waals surface area contributed by atoms with Crippen molar-refractivity contribution < 1.29 is 5.79 Å². The highest BCUT2D eigenvalue weighted by molar-refractivity contribution is 6.10. The maximum Gasteiger partial charge on any atom is 0.144 e. The molecule has 33 heavy (non-hydrogen) atoms. The van der Waals surface area contributed by atoms with E-state index in [2.05, 4.69) is 47.4 Å². The quantitative estimate of drug-likeness (QED) is 0.282. The average Bonchev–Trinajstić information content (AvgIpc) is 3.28. The Morgan fingerprint density at radius 2 is 1.48 bits per heavy atom. The summed E-state index contributed by atoms with van der Waals surface area (Å²) in [4.78, 5) is 4.66. The normalized spacial score (nSPS) is 13.7. The summed E-state index contributed by atoms with van der Waals surface area (Å²) in [6.07, 6.45) is 1.79. The van der Waals surface area contributed by atoms with Crippen molar-refractivity contribution in [3.05, 3.63) is 127 Å². The van der Waals surface area contributed by atoms with Crippen LogP contribution in [0.1, 0.15) is 25.3 Å². The molecule has 0 fully saturated rings. The van der Waals surface area contributed by atoms with Gasteiger partial charge in [-0.25, -0.2) is 0 Å². The molecule has 0 saturated carbocycles. The largest absolute Gasteiger partial charge is 0.455 e. The van der Waals surface area contributed by atoms with Crippen LogP contribution in [0.4, 0.5) is 0 Å². The maximum atomic E-state index is 9.07. The molecule has 0 bridgehead atoms. The number of hydrogen-bond donors (Lipinski definition) is 0. The van der Waals surface area contributed by atoms with Gasteiger partial charge in [-0.2, -0.15) is 0 Å². The fourth-order valence-corrected chi connectivity index (χ4v) is 4.48. The van der Waals surface area contributed by atoms with Crippen LogP contribution < -0.4 is 0 Å². The molecule has 6 aromatic rings. The van der Waals surface area contributed by atoms with E-state index in [0.717, 1.165) is 49.9 Å². The van der Waals surface area contributed by atoms with E-state index >= 15 is 0 Å². The second kappa shape index (κ2) is 8.07. The monoisotopic (exact) mass is 426 g/mol. The number of benzene rings is 4. The van der Waals surface area contributed by atoms with Gasteiger partial charge in [0, 0.05) is 29.8 Å². The van der Waals surface area contributed by atoms with Crippen LogP contribution in [0.2, 0.25) is 0 Å². The van der Waals surface area contributed by atoms with Crippen LogP contribution in [0.3, 0.4) is 0 Å². The fraction of sp³-hybridized carbons (Fsp3) is 0.0645. The zero-order valence-electron chi connectivity index (χ0n) is 19.3. The first-order valence-corrected chi connectivity index (χ1v) is 11.1. The molecule has 0 aliphatic carbocycles. The smallest absolute Gasteiger partial charge is 0.144 e. The Labute approximate surface area is 194 Å². The number of aromatic nitrogens is 1. The van der Waals surface area contributed by atoms with Crippen molar-refractivity contribution in [2.24, 2.45) is 0 Å². The third-order valence-corrected chi connectivity index (χ3v) is 6.28. The zero-order valence-corrected chi connectivity index (χ0v) is 18.3. The number of nitrogens with zero attached hydrogens (tertiary/aromatic N) is 1. The summed E-state index contributed by atoms with van der Waals surface area (Å²) in [5, 5.41) is 2.15. The van der Waals surface area contributed by atoms with E-state index in [9.17, 15) is 0 Å². The molecule has 2 aromatic heterocycles. The van der Waals surface area contributed by atoms with E-state index < -0.39 is 5.89 Å². The summed E-state index contributed by atoms with van der Waals surface area (Å²) in [6, 6.07) is 36.8. The highest BCUT2D eigenvalue weighted by Crippen LogP contribution is 2.37. The SMILES string of the molecule is [2H]C(C)(c1ccccc1)c1ccnc(-c2cccc3c2oc2ccc(-c4ccccc4)cc23)c1. The van der Waals surface area contributed by atoms with Gasteiger partial charge in [0.1, 0.15) is 11.2 Å². The first kappa shape index (κ1) is 18.4. The molecule has 158 valence electrons. The first-order chi connectivity index (χ1) is 16.6. The third-order valence-electron chi connectivity index (χ3n) is 6.28. The topological polar surface area (TPSA) is 26.0 Å². The Morgan fingerprint density at radius 3 is 2.30 bits per heavy atom. The van der Waals surface area contributed by atoms with Gasteiger partial charge in [-0.3, -0.25) is 4.98 Å². The highest BCUT2D eigenvalue weighted by Gasteiger charge is 2.15. The van der Waals surface area contributed by atoms with Crippen LogP contribution in [0, 0.1) is 0 Å². The Balaban J connectivity index is 1.49. The lowest BCUT2D eigenvalue weighted by Gasteiger charge is -2.13. The van der Waals surface area contributed by atoms with Crippen LogP contribution in [-0.2, 0) is 0 Å². The van der Waals surface area contributed by atoms with E-state index in [0.29, 0.717) is 0 Å². The van der Waals surface area contributed by atoms with E-state index in [4.69, 9.17) is 5.79 Å². The van der Waals surface area contributed by atoms with Crippen LogP contribution >= 0.6 is 0 Å². The lowest BCUT2D eigenvalue weighted by atomic mass is 9.92. The number of para-hydroxylation sites is 1. The summed E-state index contributed by atoms with van der Waals surface area (Å²) < 4.78 is 15.4. The molecule has 0 amide bonds. The molecule has 4 aromatic carbocycles. The van der Waals surface area contributed by atoms with E-state index in [1.54, 1.807) is 6.20 Å². The van der Waals surface area contributed by atoms with Crippen LogP contribution in [0.25, 0.3) is 44.3 Å². The summed E-state index contributed by atoms with van der Waals surface area (Å²) in [7, 11) is 0. The Morgan fingerprint density at radius 1 is 0.697 bits per heavy atom. The average molecular weight is 427 g/mol. The van der Waals surface area contributed by atoms with E-state index in [-0.39, 0.29) is 0 Å². The number of pyridine rings is 1. The molecule has 1 unspecified atom stereocenters. The molecule has 0 saturated heterocycles. The predicted octanol–water partition coefficient (Wildman–Crippen LogP) is 8.47. The molecule has 6 rings (SSSR count). The molecule has 0 radical (unpaired) electrons. The van der Waals surface area contributed by atoms with Crippen LogP contribution in [0.15, 0.2) is 120 Å². The molecule has 2 nitrogen and oxygen atoms in total. The summed E-state index contributed by atoms with van der Waals surface area (Å²) in [5.41, 5.74) is 7.59. The molecule has 2 heterocycles. The third kappa shape index (κ3) is 3.50. The van der Waals surface area contributed by atoms with Crippen molar-refractivity contribution in [2.75, 3.05) is 0 Å². The summed E-state index contributed by atoms with van der Waals surface area (Å²) in [6.45, 7) is 1.92. The minimum atomic E-state index is -0.884. The fourth-order valence-electron chi connectivity index (χ4n) is 4.48. The van der Waals surface area contributed by atoms with Gasteiger partial charge in [-0.15, -0.1) is 0 Å². The molecular weight excluding hydrogens is 402 g/mol. The minimum Gasteiger partial charge on any atom is -0.455 e. The minimum absolute atomic E-state index is 0.805. The summed E-state index contributed by atoms with van der Waals surface area (Å²) >= 11 is 0. The number of fused-ring (bicyclic) bond motifs is 3. The van der Waals surface area contributed by atoms with Gasteiger partial charge in [-0.1, -0.05) is 85.8 Å². The van der Waals surface area contributed by atoms with Crippen molar-refractivity contribution in [1.82, 2.24) is 4.98 Å². The van der Waals surface area contributed by atoms with Gasteiger partial charge in [0.2, 0.25) is 0 Å². The predicted molar refractivity (Wildman–Crippen MR) is 136 cm³/mol. The van der Waals surface area contributed by atoms with Crippen molar-refractivity contribution >= 4 is 21.9 Å². The van der Waals surface area contributed by atoms with Crippen molar-refractivity contribution in [1.29, 1.82) is 0 Å². The van der Waals surface area contributed by atoms with Gasteiger partial charge < -0.3 is 4.42 Å². The lowest BCUT2D eigenvalue weighted by molar-refractivity contribution is 0.670. The number of rotatable bonds is 4. The molecule has 1 atom stereocenters. The van der Waals surface area contributed by atoms with Crippen LogP contribution in [-0.4, -0.2) is 4.98 Å². The van der Waals surface area contributed by atoms with Crippen molar-refractivity contribution in [3.8, 4) is 22.4 Å². The number of hydrogen-bond acceptors (Lipinski definition) is 2. The lowest BCUT2D eigenvalue weighted by Crippen LogP contribution is -1.97. The zero-order chi connectivity index (χ0) is 23.1. The Hall–Kier alpha value is -4.17. The summed E-state index contributed by atoms with van der Waals surface area (Å²) in [5.74, 6) is -0.884. The molecule has 2 heteroatoms. The van der Waals surface area contributed by atoms with Gasteiger partial charge in [0.25, 0.3) is 0 Å². The molecular formula is C31H23NO. The van der Waals surface area contributed by atoms with Crippen molar-refractivity contribution in [3.63, 3.8) is 0 Å². The van der Waals surface area contributed by atoms with Gasteiger partial charge in [-0.05, 0) is 52.6 Å². The van der Waals surface area contributed by atoms with Gasteiger partial charge in [0.15, 0.2) is 0 Å². The molecule has 0 spiro atoms. The highest BCUT2D eigenvalue weighted by atomic mass is 16.3.